The van der Waals surface area contributed by atoms with Crippen LogP contribution in [0.1, 0.15) is 44.1 Å². The molecule has 0 aliphatic heterocycles. The quantitative estimate of drug-likeness (QED) is 0.839. The highest BCUT2D eigenvalue weighted by Gasteiger charge is 2.20. The first kappa shape index (κ1) is 14.8. The Morgan fingerprint density at radius 1 is 1.35 bits per heavy atom. The lowest BCUT2D eigenvalue weighted by atomic mass is 9.89. The smallest absolute Gasteiger partial charge is 0.250 e. The van der Waals surface area contributed by atoms with Crippen molar-refractivity contribution in [2.24, 2.45) is 5.92 Å². The van der Waals surface area contributed by atoms with Crippen molar-refractivity contribution >= 4 is 5.91 Å². The monoisotopic (exact) mass is 276 g/mol. The van der Waals surface area contributed by atoms with Crippen LogP contribution >= 0.6 is 0 Å². The van der Waals surface area contributed by atoms with Crippen LogP contribution in [0.25, 0.3) is 0 Å². The van der Waals surface area contributed by atoms with Gasteiger partial charge < -0.3 is 9.88 Å². The van der Waals surface area contributed by atoms with E-state index in [1.807, 2.05) is 19.2 Å². The molecule has 1 saturated carbocycles. The number of amides is 1. The van der Waals surface area contributed by atoms with Crippen LogP contribution in [-0.4, -0.2) is 17.0 Å². The molecule has 2 rings (SSSR count). The summed E-state index contributed by atoms with van der Waals surface area (Å²) in [6, 6.07) is 3.57. The second-order valence-corrected chi connectivity index (χ2v) is 5.72. The van der Waals surface area contributed by atoms with Crippen LogP contribution in [0.3, 0.4) is 0 Å². The van der Waals surface area contributed by atoms with Gasteiger partial charge in [0.05, 0.1) is 0 Å². The Kier molecular flexibility index (Phi) is 5.39. The highest BCUT2D eigenvalue weighted by Crippen LogP contribution is 2.23. The summed E-state index contributed by atoms with van der Waals surface area (Å²) < 4.78 is 1.69. The Labute approximate surface area is 120 Å². The fourth-order valence-electron chi connectivity index (χ4n) is 2.76. The third-order valence-corrected chi connectivity index (χ3v) is 4.00. The van der Waals surface area contributed by atoms with Gasteiger partial charge in [-0.05, 0) is 37.8 Å². The van der Waals surface area contributed by atoms with E-state index in [1.165, 1.54) is 19.3 Å². The Morgan fingerprint density at radius 3 is 2.80 bits per heavy atom. The van der Waals surface area contributed by atoms with Crippen molar-refractivity contribution in [3.63, 3.8) is 0 Å². The van der Waals surface area contributed by atoms with E-state index in [-0.39, 0.29) is 17.4 Å². The molecule has 4 heteroatoms. The lowest BCUT2D eigenvalue weighted by Gasteiger charge is -2.20. The van der Waals surface area contributed by atoms with Crippen molar-refractivity contribution in [2.45, 2.75) is 52.0 Å². The molecule has 1 aliphatic carbocycles. The number of nitrogens with zero attached hydrogens (tertiary/aromatic N) is 1. The van der Waals surface area contributed by atoms with Crippen molar-refractivity contribution in [3.05, 3.63) is 34.2 Å². The van der Waals surface area contributed by atoms with Crippen LogP contribution in [0.4, 0.5) is 0 Å². The molecule has 1 aromatic rings. The molecule has 4 nitrogen and oxygen atoms in total. The van der Waals surface area contributed by atoms with Crippen LogP contribution in [-0.2, 0) is 11.3 Å². The molecule has 1 N–H and O–H groups in total. The summed E-state index contributed by atoms with van der Waals surface area (Å²) >= 11 is 0. The molecule has 0 unspecified atom stereocenters. The Morgan fingerprint density at radius 2 is 2.10 bits per heavy atom. The molecule has 0 atom stereocenters. The van der Waals surface area contributed by atoms with E-state index in [9.17, 15) is 9.59 Å². The lowest BCUT2D eigenvalue weighted by Crippen LogP contribution is -2.33. The summed E-state index contributed by atoms with van der Waals surface area (Å²) in [6.07, 6.45) is 8.29. The minimum atomic E-state index is 0.0311. The predicted molar refractivity (Wildman–Crippen MR) is 79.6 cm³/mol. The predicted octanol–water partition coefficient (Wildman–Crippen LogP) is 2.24. The topological polar surface area (TPSA) is 51.1 Å². The van der Waals surface area contributed by atoms with Crippen molar-refractivity contribution in [2.75, 3.05) is 6.54 Å². The van der Waals surface area contributed by atoms with Crippen molar-refractivity contribution < 1.29 is 4.79 Å². The maximum absolute atomic E-state index is 11.9. The standard InChI is InChI=1S/C16H24N2O2/c1-13-8-11-18(15(19)12-13)10-5-9-17-16(20)14-6-3-2-4-7-14/h8,11-12,14H,2-7,9-10H2,1H3,(H,17,20). The van der Waals surface area contributed by atoms with Crippen LogP contribution in [0.2, 0.25) is 0 Å². The number of hydrogen-bond acceptors (Lipinski definition) is 2. The first-order valence-electron chi connectivity index (χ1n) is 7.61. The maximum atomic E-state index is 11.9. The van der Waals surface area contributed by atoms with Gasteiger partial charge >= 0.3 is 0 Å². The third-order valence-electron chi connectivity index (χ3n) is 4.00. The molecule has 0 aromatic carbocycles. The second kappa shape index (κ2) is 7.27. The number of carbonyl (C=O) groups excluding carboxylic acids is 1. The summed E-state index contributed by atoms with van der Waals surface area (Å²) in [5, 5.41) is 3.00. The van der Waals surface area contributed by atoms with Crippen LogP contribution in [0, 0.1) is 12.8 Å². The van der Waals surface area contributed by atoms with E-state index in [4.69, 9.17) is 0 Å². The van der Waals surface area contributed by atoms with Gasteiger partial charge in [-0.25, -0.2) is 0 Å². The largest absolute Gasteiger partial charge is 0.356 e. The molecule has 0 saturated heterocycles. The van der Waals surface area contributed by atoms with Gasteiger partial charge in [-0.1, -0.05) is 19.3 Å². The Balaban J connectivity index is 1.70. The number of aromatic nitrogens is 1. The minimum Gasteiger partial charge on any atom is -0.356 e. The van der Waals surface area contributed by atoms with Crippen molar-refractivity contribution in [1.82, 2.24) is 9.88 Å². The molecule has 1 heterocycles. The average Bonchev–Trinajstić information content (AvgIpc) is 2.46. The molecule has 0 bridgehead atoms. The normalized spacial score (nSPS) is 16.1. The molecule has 1 fully saturated rings. The summed E-state index contributed by atoms with van der Waals surface area (Å²) in [6.45, 7) is 3.22. The van der Waals surface area contributed by atoms with Gasteiger partial charge in [-0.2, -0.15) is 0 Å². The number of carbonyl (C=O) groups is 1. The first-order valence-corrected chi connectivity index (χ1v) is 7.61. The zero-order valence-corrected chi connectivity index (χ0v) is 12.2. The van der Waals surface area contributed by atoms with E-state index < -0.39 is 0 Å². The van der Waals surface area contributed by atoms with Gasteiger partial charge in [-0.3, -0.25) is 9.59 Å². The molecule has 1 aliphatic rings. The van der Waals surface area contributed by atoms with Crippen LogP contribution in [0.15, 0.2) is 23.1 Å². The van der Waals surface area contributed by atoms with Gasteiger partial charge in [0, 0.05) is 31.3 Å². The van der Waals surface area contributed by atoms with E-state index in [0.717, 1.165) is 24.8 Å². The van der Waals surface area contributed by atoms with Gasteiger partial charge in [-0.15, -0.1) is 0 Å². The van der Waals surface area contributed by atoms with Gasteiger partial charge in [0.2, 0.25) is 5.91 Å². The highest BCUT2D eigenvalue weighted by molar-refractivity contribution is 5.78. The minimum absolute atomic E-state index is 0.0311. The fraction of sp³-hybridized carbons (Fsp3) is 0.625. The molecular formula is C16H24N2O2. The van der Waals surface area contributed by atoms with Gasteiger partial charge in [0.15, 0.2) is 0 Å². The van der Waals surface area contributed by atoms with Gasteiger partial charge in [0.25, 0.3) is 5.56 Å². The number of nitrogens with one attached hydrogen (secondary N) is 1. The first-order chi connectivity index (χ1) is 9.66. The Hall–Kier alpha value is -1.58. The van der Waals surface area contributed by atoms with E-state index in [1.54, 1.807) is 10.6 Å². The molecule has 0 spiro atoms. The molecule has 1 aromatic heterocycles. The van der Waals surface area contributed by atoms with Gasteiger partial charge in [0.1, 0.15) is 0 Å². The number of hydrogen-bond donors (Lipinski definition) is 1. The summed E-state index contributed by atoms with van der Waals surface area (Å²) in [7, 11) is 0. The molecule has 110 valence electrons. The third kappa shape index (κ3) is 4.22. The van der Waals surface area contributed by atoms with Crippen LogP contribution < -0.4 is 10.9 Å². The lowest BCUT2D eigenvalue weighted by molar-refractivity contribution is -0.125. The van der Waals surface area contributed by atoms with E-state index in [0.29, 0.717) is 13.1 Å². The second-order valence-electron chi connectivity index (χ2n) is 5.72. The molecule has 1 amide bonds. The number of aryl methyl sites for hydroxylation is 2. The average molecular weight is 276 g/mol. The zero-order valence-electron chi connectivity index (χ0n) is 12.2. The summed E-state index contributed by atoms with van der Waals surface area (Å²) in [5.41, 5.74) is 1.01. The molecule has 20 heavy (non-hydrogen) atoms. The fourth-order valence-corrected chi connectivity index (χ4v) is 2.76. The van der Waals surface area contributed by atoms with Crippen molar-refractivity contribution in [1.29, 1.82) is 0 Å². The number of pyridine rings is 1. The van der Waals surface area contributed by atoms with E-state index >= 15 is 0 Å². The molecule has 0 radical (unpaired) electrons. The highest BCUT2D eigenvalue weighted by atomic mass is 16.2. The SMILES string of the molecule is Cc1ccn(CCCNC(=O)C2CCCCC2)c(=O)c1. The zero-order chi connectivity index (χ0) is 14.4. The number of rotatable bonds is 5. The molecular weight excluding hydrogens is 252 g/mol. The summed E-state index contributed by atoms with van der Waals surface area (Å²) in [5.74, 6) is 0.409. The Bertz CT molecular complexity index is 501. The maximum Gasteiger partial charge on any atom is 0.250 e. The van der Waals surface area contributed by atoms with Crippen LogP contribution in [0.5, 0.6) is 0 Å². The van der Waals surface area contributed by atoms with E-state index in [2.05, 4.69) is 5.32 Å². The summed E-state index contributed by atoms with van der Waals surface area (Å²) in [4.78, 5) is 23.6. The van der Waals surface area contributed by atoms with Crippen molar-refractivity contribution in [3.8, 4) is 0 Å².